The standard InChI is InChI=1S/C6H13Si.2ClH.Hf/c7-6-4-2-1-3-5-6;;;/h6H,1-5,7H2;2*1H;/q;;;+2/p-2. The van der Waals surface area contributed by atoms with Gasteiger partial charge in [0.15, 0.2) is 0 Å². The van der Waals surface area contributed by atoms with E-state index < -0.39 is 0 Å². The Labute approximate surface area is 92.1 Å². The van der Waals surface area contributed by atoms with E-state index >= 15 is 0 Å². The van der Waals surface area contributed by atoms with Crippen molar-refractivity contribution in [3.8, 4) is 0 Å². The van der Waals surface area contributed by atoms with Gasteiger partial charge in [-0.3, -0.25) is 0 Å². The molecule has 1 rings (SSSR count). The van der Waals surface area contributed by atoms with Crippen molar-refractivity contribution in [2.24, 2.45) is 0 Å². The third-order valence-corrected chi connectivity index (χ3v) is 9.63. The summed E-state index contributed by atoms with van der Waals surface area (Å²) >= 11 is 1.57. The fourth-order valence-electron chi connectivity index (χ4n) is 1.39. The van der Waals surface area contributed by atoms with Crippen molar-refractivity contribution in [2.45, 2.75) is 37.6 Å². The Hall–Kier alpha value is 1.67. The second-order valence-corrected chi connectivity index (χ2v) is 8.67. The number of hydrogen-bond acceptors (Lipinski definition) is 0. The van der Waals surface area contributed by atoms with Crippen LogP contribution in [0.3, 0.4) is 0 Å². The van der Waals surface area contributed by atoms with Crippen LogP contribution in [-0.2, 0) is 23.5 Å². The number of halogens is 2. The van der Waals surface area contributed by atoms with Gasteiger partial charge in [-0.05, 0) is 0 Å². The van der Waals surface area contributed by atoms with Crippen LogP contribution in [0, 0.1) is 0 Å². The zero-order chi connectivity index (χ0) is 5.82. The molecule has 0 aromatic carbocycles. The Bertz CT molecular complexity index is 66.8. The van der Waals surface area contributed by atoms with Crippen LogP contribution >= 0.6 is 0 Å². The third kappa shape index (κ3) is 5.33. The van der Waals surface area contributed by atoms with Gasteiger partial charge in [0.1, 0.15) is 0 Å². The molecule has 0 N–H and O–H groups in total. The number of rotatable bonds is 1. The summed E-state index contributed by atoms with van der Waals surface area (Å²) in [5.41, 5.74) is 1.29. The van der Waals surface area contributed by atoms with Crippen molar-refractivity contribution in [1.29, 1.82) is 0 Å². The fourth-order valence-corrected chi connectivity index (χ4v) is 6.78. The molecule has 0 atom stereocenters. The van der Waals surface area contributed by atoms with E-state index in [-0.39, 0.29) is 24.8 Å². The maximum absolute atomic E-state index is 1.61. The molecule has 1 saturated carbocycles. The van der Waals surface area contributed by atoms with Gasteiger partial charge in [0, 0.05) is 0 Å². The summed E-state index contributed by atoms with van der Waals surface area (Å²) in [5, 5.41) is 0. The van der Waals surface area contributed by atoms with Crippen molar-refractivity contribution in [2.75, 3.05) is 0 Å². The molecule has 0 bridgehead atoms. The van der Waals surface area contributed by atoms with Crippen LogP contribution in [0.25, 0.3) is 0 Å². The van der Waals surface area contributed by atoms with Crippen molar-refractivity contribution in [3.05, 3.63) is 0 Å². The van der Waals surface area contributed by atoms with Crippen LogP contribution in [0.5, 0.6) is 0 Å². The van der Waals surface area contributed by atoms with Crippen LogP contribution in [-0.4, -0.2) is 6.71 Å². The van der Waals surface area contributed by atoms with Crippen LogP contribution in [0.2, 0.25) is 5.54 Å². The minimum absolute atomic E-state index is 0. The van der Waals surface area contributed by atoms with Crippen molar-refractivity contribution >= 4 is 6.71 Å². The van der Waals surface area contributed by atoms with E-state index in [0.29, 0.717) is 6.71 Å². The van der Waals surface area contributed by atoms with Gasteiger partial charge in [0.05, 0.1) is 0 Å². The molecule has 4 heteroatoms. The Morgan fingerprint density at radius 2 is 1.50 bits per heavy atom. The van der Waals surface area contributed by atoms with E-state index in [4.69, 9.17) is 0 Å². The Balaban J connectivity index is 0. The average Bonchev–Trinajstić information content (AvgIpc) is 1.90. The summed E-state index contributed by atoms with van der Waals surface area (Å²) in [6.07, 6.45) is 7.86. The molecule has 1 fully saturated rings. The quantitative estimate of drug-likeness (QED) is 0.412. The Morgan fingerprint density at radius 1 is 1.00 bits per heavy atom. The number of hydrogen-bond donors (Lipinski definition) is 0. The summed E-state index contributed by atoms with van der Waals surface area (Å²) in [7, 11) is 0. The van der Waals surface area contributed by atoms with E-state index in [9.17, 15) is 0 Å². The molecule has 0 heterocycles. The topological polar surface area (TPSA) is 0 Å². The average molecular weight is 363 g/mol. The zero-order valence-electron chi connectivity index (χ0n) is 6.08. The molecule has 0 radical (unpaired) electrons. The first-order valence-electron chi connectivity index (χ1n) is 3.58. The monoisotopic (exact) mass is 363 g/mol. The summed E-state index contributed by atoms with van der Waals surface area (Å²) in [5.74, 6) is 0. The predicted octanol–water partition coefficient (Wildman–Crippen LogP) is -4.62. The van der Waals surface area contributed by atoms with Gasteiger partial charge in [-0.25, -0.2) is 0 Å². The second kappa shape index (κ2) is 8.76. The van der Waals surface area contributed by atoms with Crippen LogP contribution in [0.1, 0.15) is 32.1 Å². The second-order valence-electron chi connectivity index (χ2n) is 2.71. The molecule has 0 aromatic heterocycles. The van der Waals surface area contributed by atoms with Gasteiger partial charge in [0.25, 0.3) is 0 Å². The van der Waals surface area contributed by atoms with E-state index in [1.54, 1.807) is 49.2 Å². The summed E-state index contributed by atoms with van der Waals surface area (Å²) in [4.78, 5) is 0. The predicted molar refractivity (Wildman–Crippen MR) is 35.4 cm³/mol. The minimum atomic E-state index is 0. The zero-order valence-corrected chi connectivity index (χ0v) is 12.6. The molecule has 0 nitrogen and oxygen atoms in total. The molecule has 0 unspecified atom stereocenters. The molecule has 0 saturated heterocycles. The molecule has 1 aliphatic carbocycles. The SMILES string of the molecule is [Cl-].[Cl-].[Hf+2][SiH2]C1CCCCC1. The van der Waals surface area contributed by atoms with Crippen molar-refractivity contribution < 1.29 is 48.4 Å². The first kappa shape index (κ1) is 14.2. The van der Waals surface area contributed by atoms with Gasteiger partial charge in [-0.2, -0.15) is 0 Å². The van der Waals surface area contributed by atoms with Crippen molar-refractivity contribution in [3.63, 3.8) is 0 Å². The first-order chi connectivity index (χ1) is 3.93. The van der Waals surface area contributed by atoms with Crippen LogP contribution in [0.4, 0.5) is 0 Å². The van der Waals surface area contributed by atoms with E-state index in [1.165, 1.54) is 12.0 Å². The van der Waals surface area contributed by atoms with Gasteiger partial charge in [-0.15, -0.1) is 0 Å². The molecular weight excluding hydrogens is 350 g/mol. The van der Waals surface area contributed by atoms with E-state index in [1.807, 2.05) is 0 Å². The molecule has 1 aliphatic rings. The third-order valence-electron chi connectivity index (χ3n) is 2.01. The summed E-state index contributed by atoms with van der Waals surface area (Å²) < 4.78 is 0. The van der Waals surface area contributed by atoms with Crippen LogP contribution in [0.15, 0.2) is 0 Å². The first-order valence-corrected chi connectivity index (χ1v) is 12.7. The molecule has 59 valence electrons. The van der Waals surface area contributed by atoms with E-state index in [0.717, 1.165) is 0 Å². The normalized spacial score (nSPS) is 20.2. The molecule has 10 heavy (non-hydrogen) atoms. The Kier molecular flexibility index (Phi) is 12.4. The van der Waals surface area contributed by atoms with Gasteiger partial charge < -0.3 is 24.8 Å². The van der Waals surface area contributed by atoms with Crippen molar-refractivity contribution in [1.82, 2.24) is 0 Å². The van der Waals surface area contributed by atoms with Gasteiger partial charge in [0.2, 0.25) is 0 Å². The molecule has 0 aromatic rings. The fraction of sp³-hybridized carbons (Fsp3) is 1.00. The van der Waals surface area contributed by atoms with Gasteiger partial charge >= 0.3 is 67.9 Å². The molecule has 0 spiro atoms. The molecular formula is C6H13Cl2HfSi. The Morgan fingerprint density at radius 3 is 1.80 bits per heavy atom. The summed E-state index contributed by atoms with van der Waals surface area (Å²) in [6, 6.07) is 0. The van der Waals surface area contributed by atoms with Crippen LogP contribution < -0.4 is 24.8 Å². The molecule has 0 aliphatic heterocycles. The molecule has 0 amide bonds. The maximum atomic E-state index is 1.61. The van der Waals surface area contributed by atoms with Gasteiger partial charge in [-0.1, -0.05) is 0 Å². The summed E-state index contributed by atoms with van der Waals surface area (Å²) in [6.45, 7) is 0.507. The van der Waals surface area contributed by atoms with E-state index in [2.05, 4.69) is 0 Å².